The van der Waals surface area contributed by atoms with Crippen LogP contribution in [0.3, 0.4) is 0 Å². The van der Waals surface area contributed by atoms with E-state index in [1.807, 2.05) is 63.2 Å². The highest BCUT2D eigenvalue weighted by molar-refractivity contribution is 7.80. The molecule has 28 heavy (non-hydrogen) atoms. The first-order valence-corrected chi connectivity index (χ1v) is 9.08. The van der Waals surface area contributed by atoms with Gasteiger partial charge in [-0.1, -0.05) is 35.9 Å². The lowest BCUT2D eigenvalue weighted by atomic mass is 10.1. The molecular weight excluding hydrogens is 374 g/mol. The third-order valence-corrected chi connectivity index (χ3v) is 3.83. The van der Waals surface area contributed by atoms with Gasteiger partial charge in [0, 0.05) is 6.08 Å². The zero-order valence-electron chi connectivity index (χ0n) is 16.0. The molecule has 3 N–H and O–H groups in total. The van der Waals surface area contributed by atoms with Crippen LogP contribution in [0.2, 0.25) is 0 Å². The number of aryl methyl sites for hydroxylation is 3. The van der Waals surface area contributed by atoms with Crippen LogP contribution in [0.1, 0.15) is 22.3 Å². The highest BCUT2D eigenvalue weighted by Gasteiger charge is 2.06. The van der Waals surface area contributed by atoms with Crippen molar-refractivity contribution in [3.05, 3.63) is 70.8 Å². The van der Waals surface area contributed by atoms with Crippen molar-refractivity contribution in [1.29, 1.82) is 0 Å². The Balaban J connectivity index is 1.71. The molecule has 0 saturated heterocycles. The van der Waals surface area contributed by atoms with Gasteiger partial charge in [-0.15, -0.1) is 0 Å². The van der Waals surface area contributed by atoms with E-state index in [4.69, 9.17) is 17.0 Å². The molecular formula is C21H23N3O3S. The van der Waals surface area contributed by atoms with Crippen molar-refractivity contribution in [3.63, 3.8) is 0 Å². The molecule has 0 spiro atoms. The van der Waals surface area contributed by atoms with E-state index in [1.54, 1.807) is 6.08 Å². The first-order chi connectivity index (χ1) is 13.3. The number of thiocarbonyl (C=S) groups is 1. The van der Waals surface area contributed by atoms with Gasteiger partial charge >= 0.3 is 0 Å². The van der Waals surface area contributed by atoms with E-state index in [-0.39, 0.29) is 11.7 Å². The quantitative estimate of drug-likeness (QED) is 0.411. The fourth-order valence-corrected chi connectivity index (χ4v) is 2.51. The number of benzene rings is 2. The van der Waals surface area contributed by atoms with Crippen molar-refractivity contribution >= 4 is 35.2 Å². The lowest BCUT2D eigenvalue weighted by Gasteiger charge is -2.11. The van der Waals surface area contributed by atoms with Crippen LogP contribution in [0.5, 0.6) is 5.75 Å². The second-order valence-electron chi connectivity index (χ2n) is 6.35. The summed E-state index contributed by atoms with van der Waals surface area (Å²) in [6.45, 7) is 5.72. The molecule has 6 nitrogen and oxygen atoms in total. The minimum absolute atomic E-state index is 0.0155. The molecule has 2 aromatic rings. The third kappa shape index (κ3) is 7.59. The molecule has 0 unspecified atom stereocenters. The molecule has 2 rings (SSSR count). The van der Waals surface area contributed by atoms with Crippen molar-refractivity contribution < 1.29 is 14.3 Å². The molecule has 146 valence electrons. The van der Waals surface area contributed by atoms with Crippen LogP contribution in [0.15, 0.2) is 48.5 Å². The number of hydrogen-bond donors (Lipinski definition) is 3. The maximum atomic E-state index is 11.9. The molecule has 7 heteroatoms. The summed E-state index contributed by atoms with van der Waals surface area (Å²) in [5.74, 6) is -0.213. The summed E-state index contributed by atoms with van der Waals surface area (Å²) >= 11 is 4.98. The van der Waals surface area contributed by atoms with Gasteiger partial charge in [0.2, 0.25) is 5.91 Å². The lowest BCUT2D eigenvalue weighted by molar-refractivity contribution is -0.123. The number of rotatable bonds is 5. The Hall–Kier alpha value is -3.19. The summed E-state index contributed by atoms with van der Waals surface area (Å²) in [4.78, 5) is 23.7. The Labute approximate surface area is 169 Å². The molecule has 0 radical (unpaired) electrons. The molecule has 0 heterocycles. The number of hydrogen-bond acceptors (Lipinski definition) is 4. The zero-order chi connectivity index (χ0) is 20.5. The predicted octanol–water partition coefficient (Wildman–Crippen LogP) is 2.73. The van der Waals surface area contributed by atoms with Crippen LogP contribution in [0.25, 0.3) is 6.08 Å². The minimum Gasteiger partial charge on any atom is -0.484 e. The second-order valence-corrected chi connectivity index (χ2v) is 6.76. The van der Waals surface area contributed by atoms with Gasteiger partial charge in [0.1, 0.15) is 5.75 Å². The molecule has 0 aliphatic carbocycles. The lowest BCUT2D eigenvalue weighted by Crippen LogP contribution is -2.49. The Morgan fingerprint density at radius 2 is 1.61 bits per heavy atom. The van der Waals surface area contributed by atoms with Crippen molar-refractivity contribution in [3.8, 4) is 5.75 Å². The summed E-state index contributed by atoms with van der Waals surface area (Å²) in [7, 11) is 0. The molecule has 0 aliphatic heterocycles. The van der Waals surface area contributed by atoms with E-state index in [1.165, 1.54) is 6.08 Å². The average molecular weight is 398 g/mol. The first kappa shape index (κ1) is 21.1. The van der Waals surface area contributed by atoms with E-state index in [9.17, 15) is 9.59 Å². The second kappa shape index (κ2) is 10.2. The van der Waals surface area contributed by atoms with Gasteiger partial charge in [0.15, 0.2) is 11.7 Å². The van der Waals surface area contributed by atoms with Crippen LogP contribution in [-0.4, -0.2) is 23.5 Å². The van der Waals surface area contributed by atoms with E-state index in [0.29, 0.717) is 5.75 Å². The number of amides is 2. The minimum atomic E-state index is -0.425. The standard InChI is InChI=1S/C21H23N3O3S/c1-14-4-6-17(7-5-14)8-9-19(25)22-21(28)24-23-20(26)13-27-18-11-15(2)10-16(3)12-18/h4-12H,13H2,1-3H3,(H,23,26)(H2,22,24,25,28). The van der Waals surface area contributed by atoms with Crippen LogP contribution >= 0.6 is 12.2 Å². The normalized spacial score (nSPS) is 10.4. The molecule has 0 aromatic heterocycles. The number of carbonyl (C=O) groups is 2. The number of ether oxygens (including phenoxy) is 1. The van der Waals surface area contributed by atoms with Crippen LogP contribution < -0.4 is 20.9 Å². The average Bonchev–Trinajstić information content (AvgIpc) is 2.63. The SMILES string of the molecule is Cc1ccc(C=CC(=O)NC(=S)NNC(=O)COc2cc(C)cc(C)c2)cc1. The van der Waals surface area contributed by atoms with Crippen molar-refractivity contribution in [2.24, 2.45) is 0 Å². The Morgan fingerprint density at radius 1 is 0.964 bits per heavy atom. The van der Waals surface area contributed by atoms with Crippen LogP contribution in [-0.2, 0) is 9.59 Å². The maximum Gasteiger partial charge on any atom is 0.276 e. The Bertz CT molecular complexity index is 872. The highest BCUT2D eigenvalue weighted by atomic mass is 32.1. The van der Waals surface area contributed by atoms with E-state index in [2.05, 4.69) is 16.2 Å². The molecule has 0 bridgehead atoms. The molecule has 0 aliphatic rings. The smallest absolute Gasteiger partial charge is 0.276 e. The fraction of sp³-hybridized carbons (Fsp3) is 0.190. The van der Waals surface area contributed by atoms with Gasteiger partial charge in [0.05, 0.1) is 0 Å². The third-order valence-electron chi connectivity index (χ3n) is 3.62. The van der Waals surface area contributed by atoms with Gasteiger partial charge in [0.25, 0.3) is 5.91 Å². The van der Waals surface area contributed by atoms with Crippen LogP contribution in [0.4, 0.5) is 0 Å². The molecule has 0 saturated carbocycles. The highest BCUT2D eigenvalue weighted by Crippen LogP contribution is 2.15. The Morgan fingerprint density at radius 3 is 2.25 bits per heavy atom. The zero-order valence-corrected chi connectivity index (χ0v) is 16.9. The number of carbonyl (C=O) groups excluding carboxylic acids is 2. The number of hydrazine groups is 1. The topological polar surface area (TPSA) is 79.5 Å². The van der Waals surface area contributed by atoms with Crippen molar-refractivity contribution in [2.45, 2.75) is 20.8 Å². The monoisotopic (exact) mass is 397 g/mol. The summed E-state index contributed by atoms with van der Waals surface area (Å²) in [6.07, 6.45) is 3.04. The van der Waals surface area contributed by atoms with Crippen molar-refractivity contribution in [2.75, 3.05) is 6.61 Å². The summed E-state index contributed by atoms with van der Waals surface area (Å²) < 4.78 is 5.44. The van der Waals surface area contributed by atoms with E-state index in [0.717, 1.165) is 22.3 Å². The largest absolute Gasteiger partial charge is 0.484 e. The van der Waals surface area contributed by atoms with Gasteiger partial charge in [-0.25, -0.2) is 0 Å². The van der Waals surface area contributed by atoms with Crippen LogP contribution in [0, 0.1) is 20.8 Å². The molecule has 2 amide bonds. The first-order valence-electron chi connectivity index (χ1n) is 8.67. The summed E-state index contributed by atoms with van der Waals surface area (Å²) in [5, 5.41) is 2.43. The molecule has 0 fully saturated rings. The van der Waals surface area contributed by atoms with Crippen molar-refractivity contribution in [1.82, 2.24) is 16.2 Å². The van der Waals surface area contributed by atoms with E-state index < -0.39 is 11.8 Å². The Kier molecular flexibility index (Phi) is 7.71. The fourth-order valence-electron chi connectivity index (χ4n) is 2.36. The molecule has 0 atom stereocenters. The van der Waals surface area contributed by atoms with Gasteiger partial charge < -0.3 is 4.74 Å². The number of nitrogens with one attached hydrogen (secondary N) is 3. The maximum absolute atomic E-state index is 11.9. The molecule has 2 aromatic carbocycles. The van der Waals surface area contributed by atoms with Gasteiger partial charge in [-0.3, -0.25) is 25.8 Å². The van der Waals surface area contributed by atoms with Gasteiger partial charge in [-0.05, 0) is 67.9 Å². The summed E-state index contributed by atoms with van der Waals surface area (Å²) in [6, 6.07) is 13.4. The van der Waals surface area contributed by atoms with E-state index >= 15 is 0 Å². The predicted molar refractivity (Wildman–Crippen MR) is 114 cm³/mol. The summed E-state index contributed by atoms with van der Waals surface area (Å²) in [5.41, 5.74) is 8.98. The van der Waals surface area contributed by atoms with Gasteiger partial charge in [-0.2, -0.15) is 0 Å².